The Hall–Kier alpha value is -1.84. The fourth-order valence-corrected chi connectivity index (χ4v) is 2.68. The molecule has 2 heterocycles. The van der Waals surface area contributed by atoms with E-state index < -0.39 is 5.97 Å². The number of hydrogen-bond acceptors (Lipinski definition) is 2. The highest BCUT2D eigenvalue weighted by Crippen LogP contribution is 2.36. The van der Waals surface area contributed by atoms with Crippen LogP contribution in [0.2, 0.25) is 0 Å². The quantitative estimate of drug-likeness (QED) is 0.785. The molecular formula is C13H11FNO2-. The fourth-order valence-electron chi connectivity index (χ4n) is 2.68. The molecule has 0 amide bonds. The average molecular weight is 232 g/mol. The van der Waals surface area contributed by atoms with E-state index in [-0.39, 0.29) is 18.2 Å². The predicted octanol–water partition coefficient (Wildman–Crippen LogP) is 1.41. The summed E-state index contributed by atoms with van der Waals surface area (Å²) in [7, 11) is 0. The van der Waals surface area contributed by atoms with Gasteiger partial charge in [-0.15, -0.1) is 0 Å². The van der Waals surface area contributed by atoms with Crippen LogP contribution in [0.5, 0.6) is 0 Å². The molecule has 1 atom stereocenters. The first-order chi connectivity index (χ1) is 8.15. The molecule has 0 N–H and O–H groups in total. The second-order valence-electron chi connectivity index (χ2n) is 4.49. The number of carbonyl (C=O) groups excluding carboxylic acids is 1. The number of benzene rings is 1. The minimum absolute atomic E-state index is 0.00420. The summed E-state index contributed by atoms with van der Waals surface area (Å²) in [5.41, 5.74) is 1.83. The van der Waals surface area contributed by atoms with Crippen LogP contribution in [0.25, 0.3) is 10.9 Å². The van der Waals surface area contributed by atoms with E-state index in [4.69, 9.17) is 0 Å². The van der Waals surface area contributed by atoms with Crippen LogP contribution in [0, 0.1) is 5.82 Å². The summed E-state index contributed by atoms with van der Waals surface area (Å²) in [5, 5.41) is 11.6. The van der Waals surface area contributed by atoms with Crippen LogP contribution in [-0.2, 0) is 11.3 Å². The topological polar surface area (TPSA) is 45.1 Å². The molecule has 0 bridgehead atoms. The minimum atomic E-state index is -1.03. The van der Waals surface area contributed by atoms with Crippen LogP contribution < -0.4 is 5.11 Å². The first-order valence-corrected chi connectivity index (χ1v) is 5.63. The van der Waals surface area contributed by atoms with Crippen molar-refractivity contribution in [2.75, 3.05) is 0 Å². The summed E-state index contributed by atoms with van der Waals surface area (Å²) in [6.07, 6.45) is 0.828. The van der Waals surface area contributed by atoms with Gasteiger partial charge in [0, 0.05) is 29.5 Å². The van der Waals surface area contributed by atoms with Gasteiger partial charge in [0.1, 0.15) is 5.82 Å². The van der Waals surface area contributed by atoms with Crippen molar-refractivity contribution >= 4 is 16.9 Å². The van der Waals surface area contributed by atoms with Crippen LogP contribution >= 0.6 is 0 Å². The molecule has 0 spiro atoms. The number of fused-ring (bicyclic) bond motifs is 3. The van der Waals surface area contributed by atoms with Crippen LogP contribution in [-0.4, -0.2) is 10.5 Å². The van der Waals surface area contributed by atoms with Crippen molar-refractivity contribution in [2.24, 2.45) is 0 Å². The zero-order valence-corrected chi connectivity index (χ0v) is 9.15. The third-order valence-electron chi connectivity index (χ3n) is 3.43. The zero-order chi connectivity index (χ0) is 12.0. The van der Waals surface area contributed by atoms with Crippen LogP contribution in [0.4, 0.5) is 4.39 Å². The summed E-state index contributed by atoms with van der Waals surface area (Å²) >= 11 is 0. The molecule has 0 aliphatic carbocycles. The Morgan fingerprint density at radius 3 is 3.06 bits per heavy atom. The van der Waals surface area contributed by atoms with Gasteiger partial charge in [-0.05, 0) is 37.1 Å². The largest absolute Gasteiger partial charge is 0.550 e. The number of aromatic nitrogens is 1. The molecular weight excluding hydrogens is 221 g/mol. The first-order valence-electron chi connectivity index (χ1n) is 5.63. The molecule has 0 saturated carbocycles. The highest BCUT2D eigenvalue weighted by atomic mass is 19.1. The Bertz CT molecular complexity index is 603. The maximum atomic E-state index is 13.2. The zero-order valence-electron chi connectivity index (χ0n) is 9.15. The lowest BCUT2D eigenvalue weighted by molar-refractivity contribution is -0.306. The lowest BCUT2D eigenvalue weighted by atomic mass is 10.0. The molecule has 2 aromatic rings. The molecule has 3 nitrogen and oxygen atoms in total. The van der Waals surface area contributed by atoms with E-state index in [0.29, 0.717) is 0 Å². The number of halogens is 1. The maximum Gasteiger partial charge on any atom is 0.125 e. The molecule has 1 aromatic heterocycles. The predicted molar refractivity (Wildman–Crippen MR) is 58.9 cm³/mol. The second-order valence-corrected chi connectivity index (χ2v) is 4.49. The minimum Gasteiger partial charge on any atom is -0.550 e. The monoisotopic (exact) mass is 232 g/mol. The van der Waals surface area contributed by atoms with Crippen molar-refractivity contribution in [1.29, 1.82) is 0 Å². The van der Waals surface area contributed by atoms with Gasteiger partial charge in [-0.1, -0.05) is 0 Å². The van der Waals surface area contributed by atoms with Crippen LogP contribution in [0.15, 0.2) is 24.3 Å². The van der Waals surface area contributed by atoms with Gasteiger partial charge in [-0.3, -0.25) is 0 Å². The first kappa shape index (κ1) is 10.3. The van der Waals surface area contributed by atoms with Crippen LogP contribution in [0.3, 0.4) is 0 Å². The lowest BCUT2D eigenvalue weighted by Gasteiger charge is -2.08. The number of aryl methyl sites for hydroxylation is 1. The molecule has 0 saturated heterocycles. The smallest absolute Gasteiger partial charge is 0.125 e. The summed E-state index contributed by atoms with van der Waals surface area (Å²) in [6.45, 7) is 0.750. The average Bonchev–Trinajstić information content (AvgIpc) is 2.78. The second kappa shape index (κ2) is 3.58. The Morgan fingerprint density at radius 2 is 2.29 bits per heavy atom. The molecule has 1 aliphatic heterocycles. The standard InChI is InChI=1S/C13H12FNO2/c14-10-2-1-8-5-11-9(6-13(16)17)3-4-15(11)12(8)7-10/h1-2,5,7,9H,3-4,6H2,(H,16,17)/p-1. The summed E-state index contributed by atoms with van der Waals surface area (Å²) in [5.74, 6) is -1.29. The van der Waals surface area contributed by atoms with E-state index in [9.17, 15) is 14.3 Å². The van der Waals surface area contributed by atoms with Gasteiger partial charge in [-0.2, -0.15) is 0 Å². The fraction of sp³-hybridized carbons (Fsp3) is 0.308. The van der Waals surface area contributed by atoms with Gasteiger partial charge in [0.15, 0.2) is 0 Å². The third-order valence-corrected chi connectivity index (χ3v) is 3.43. The van der Waals surface area contributed by atoms with Crippen molar-refractivity contribution < 1.29 is 14.3 Å². The van der Waals surface area contributed by atoms with Crippen molar-refractivity contribution in [3.05, 3.63) is 35.8 Å². The molecule has 3 rings (SSSR count). The highest BCUT2D eigenvalue weighted by molar-refractivity contribution is 5.82. The summed E-state index contributed by atoms with van der Waals surface area (Å²) < 4.78 is 15.2. The summed E-state index contributed by atoms with van der Waals surface area (Å²) in [4.78, 5) is 10.7. The third kappa shape index (κ3) is 1.60. The van der Waals surface area contributed by atoms with Crippen molar-refractivity contribution in [1.82, 2.24) is 4.57 Å². The van der Waals surface area contributed by atoms with Crippen molar-refractivity contribution in [3.8, 4) is 0 Å². The Morgan fingerprint density at radius 1 is 1.47 bits per heavy atom. The Labute approximate surface area is 97.5 Å². The molecule has 88 valence electrons. The molecule has 1 aromatic carbocycles. The molecule has 0 fully saturated rings. The number of rotatable bonds is 2. The number of carboxylic acid groups (broad SMARTS) is 1. The van der Waals surface area contributed by atoms with E-state index in [2.05, 4.69) is 0 Å². The number of hydrogen-bond donors (Lipinski definition) is 0. The van der Waals surface area contributed by atoms with E-state index in [0.717, 1.165) is 29.6 Å². The normalized spacial score (nSPS) is 18.5. The molecule has 17 heavy (non-hydrogen) atoms. The van der Waals surface area contributed by atoms with Crippen molar-refractivity contribution in [3.63, 3.8) is 0 Å². The van der Waals surface area contributed by atoms with Gasteiger partial charge in [0.25, 0.3) is 0 Å². The van der Waals surface area contributed by atoms with Gasteiger partial charge in [0.2, 0.25) is 0 Å². The van der Waals surface area contributed by atoms with E-state index >= 15 is 0 Å². The van der Waals surface area contributed by atoms with Gasteiger partial charge >= 0.3 is 0 Å². The van der Waals surface area contributed by atoms with Gasteiger partial charge in [-0.25, -0.2) is 4.39 Å². The SMILES string of the molecule is O=C([O-])CC1CCn2c1cc1ccc(F)cc12. The van der Waals surface area contributed by atoms with E-state index in [1.807, 2.05) is 10.6 Å². The van der Waals surface area contributed by atoms with E-state index in [1.54, 1.807) is 6.07 Å². The van der Waals surface area contributed by atoms with Crippen LogP contribution in [0.1, 0.15) is 24.5 Å². The maximum absolute atomic E-state index is 13.2. The highest BCUT2D eigenvalue weighted by Gasteiger charge is 2.24. The van der Waals surface area contributed by atoms with E-state index in [1.165, 1.54) is 12.1 Å². The number of aliphatic carboxylic acids is 1. The number of carbonyl (C=O) groups is 1. The molecule has 4 heteroatoms. The molecule has 1 unspecified atom stereocenters. The molecule has 0 radical (unpaired) electrons. The van der Waals surface area contributed by atoms with Crippen molar-refractivity contribution in [2.45, 2.75) is 25.3 Å². The number of nitrogens with zero attached hydrogens (tertiary/aromatic N) is 1. The van der Waals surface area contributed by atoms with Gasteiger partial charge in [0.05, 0.1) is 5.52 Å². The summed E-state index contributed by atoms with van der Waals surface area (Å²) in [6, 6.07) is 6.60. The molecule has 1 aliphatic rings. The number of carboxylic acids is 1. The van der Waals surface area contributed by atoms with Gasteiger partial charge < -0.3 is 14.5 Å². The Balaban J connectivity index is 2.10. The lowest BCUT2D eigenvalue weighted by Crippen LogP contribution is -2.23. The Kier molecular flexibility index (Phi) is 2.18.